The van der Waals surface area contributed by atoms with Crippen LogP contribution in [0.1, 0.15) is 147 Å². The Morgan fingerprint density at radius 1 is 0.513 bits per heavy atom. The molecule has 0 spiro atoms. The first kappa shape index (κ1) is 33.6. The highest BCUT2D eigenvalue weighted by molar-refractivity contribution is 5.17. The van der Waals surface area contributed by atoms with Crippen molar-refractivity contribution >= 4 is 0 Å². The summed E-state index contributed by atoms with van der Waals surface area (Å²) in [5.74, 6) is 0. The Labute approximate surface area is 242 Å². The van der Waals surface area contributed by atoms with Crippen molar-refractivity contribution < 1.29 is 5.11 Å². The van der Waals surface area contributed by atoms with Crippen LogP contribution < -0.4 is 0 Å². The molecule has 0 saturated heterocycles. The summed E-state index contributed by atoms with van der Waals surface area (Å²) in [6.45, 7) is 6.23. The van der Waals surface area contributed by atoms with E-state index in [-0.39, 0.29) is 12.1 Å². The molecule has 2 heteroatoms. The Morgan fingerprint density at radius 3 is 1.21 bits per heavy atom. The molecule has 220 valence electrons. The molecule has 0 aromatic heterocycles. The zero-order chi connectivity index (χ0) is 27.8. The molecule has 2 aromatic carbocycles. The average molecular weight is 536 g/mol. The Kier molecular flexibility index (Phi) is 19.9. The fourth-order valence-corrected chi connectivity index (χ4v) is 5.72. The molecule has 0 heterocycles. The summed E-state index contributed by atoms with van der Waals surface area (Å²) < 4.78 is 0. The first-order chi connectivity index (χ1) is 19.2. The van der Waals surface area contributed by atoms with Crippen LogP contribution in [0.4, 0.5) is 0 Å². The van der Waals surface area contributed by atoms with Gasteiger partial charge in [0.1, 0.15) is 0 Å². The van der Waals surface area contributed by atoms with E-state index in [9.17, 15) is 5.11 Å². The average Bonchev–Trinajstić information content (AvgIpc) is 2.96. The van der Waals surface area contributed by atoms with Gasteiger partial charge in [0.2, 0.25) is 0 Å². The first-order valence-corrected chi connectivity index (χ1v) is 16.7. The Hall–Kier alpha value is -1.64. The topological polar surface area (TPSA) is 23.5 Å². The minimum atomic E-state index is -0.279. The normalized spacial score (nSPS) is 13.1. The summed E-state index contributed by atoms with van der Waals surface area (Å²) in [6.07, 6.45) is 25.7. The number of aliphatic hydroxyl groups excluding tert-OH is 1. The van der Waals surface area contributed by atoms with Gasteiger partial charge in [0.05, 0.1) is 6.10 Å². The van der Waals surface area contributed by atoms with Gasteiger partial charge in [0.15, 0.2) is 0 Å². The van der Waals surface area contributed by atoms with Gasteiger partial charge < -0.3 is 5.11 Å². The SMILES string of the molecule is CCCCCCCCCCCCCCCCCCCC[C@@H](O)[C@H](C)N(Cc1ccccc1)Cc1ccccc1. The molecular formula is C37H61NO. The number of hydrogen-bond donors (Lipinski definition) is 1. The summed E-state index contributed by atoms with van der Waals surface area (Å²) in [5, 5.41) is 11.0. The van der Waals surface area contributed by atoms with Crippen molar-refractivity contribution in [3.8, 4) is 0 Å². The third-order valence-electron chi connectivity index (χ3n) is 8.44. The third-order valence-corrected chi connectivity index (χ3v) is 8.44. The second-order valence-electron chi connectivity index (χ2n) is 12.0. The van der Waals surface area contributed by atoms with Crippen molar-refractivity contribution in [3.05, 3.63) is 71.8 Å². The lowest BCUT2D eigenvalue weighted by molar-refractivity contribution is 0.0421. The van der Waals surface area contributed by atoms with Gasteiger partial charge in [0, 0.05) is 19.1 Å². The first-order valence-electron chi connectivity index (χ1n) is 16.7. The quantitative estimate of drug-likeness (QED) is 0.128. The maximum Gasteiger partial charge on any atom is 0.0693 e. The van der Waals surface area contributed by atoms with Crippen LogP contribution in [-0.2, 0) is 13.1 Å². The van der Waals surface area contributed by atoms with Gasteiger partial charge in [-0.25, -0.2) is 0 Å². The molecule has 39 heavy (non-hydrogen) atoms. The molecule has 0 unspecified atom stereocenters. The van der Waals surface area contributed by atoms with Crippen LogP contribution in [0, 0.1) is 0 Å². The van der Waals surface area contributed by atoms with Crippen LogP contribution in [-0.4, -0.2) is 22.2 Å². The van der Waals surface area contributed by atoms with Gasteiger partial charge in [-0.15, -0.1) is 0 Å². The van der Waals surface area contributed by atoms with E-state index >= 15 is 0 Å². The monoisotopic (exact) mass is 535 g/mol. The van der Waals surface area contributed by atoms with Crippen LogP contribution in [0.3, 0.4) is 0 Å². The van der Waals surface area contributed by atoms with Crippen molar-refractivity contribution in [1.29, 1.82) is 0 Å². The lowest BCUT2D eigenvalue weighted by Crippen LogP contribution is -2.40. The molecule has 0 aliphatic rings. The van der Waals surface area contributed by atoms with Crippen molar-refractivity contribution in [2.45, 2.75) is 161 Å². The smallest absolute Gasteiger partial charge is 0.0693 e. The van der Waals surface area contributed by atoms with Gasteiger partial charge in [-0.2, -0.15) is 0 Å². The molecule has 2 aromatic rings. The fraction of sp³-hybridized carbons (Fsp3) is 0.676. The van der Waals surface area contributed by atoms with Crippen LogP contribution in [0.15, 0.2) is 60.7 Å². The van der Waals surface area contributed by atoms with Gasteiger partial charge in [-0.3, -0.25) is 4.90 Å². The highest BCUT2D eigenvalue weighted by atomic mass is 16.3. The molecule has 0 radical (unpaired) electrons. The van der Waals surface area contributed by atoms with Crippen LogP contribution in [0.2, 0.25) is 0 Å². The second-order valence-corrected chi connectivity index (χ2v) is 12.0. The summed E-state index contributed by atoms with van der Waals surface area (Å²) in [7, 11) is 0. The highest BCUT2D eigenvalue weighted by Gasteiger charge is 2.22. The molecule has 0 bridgehead atoms. The summed E-state index contributed by atoms with van der Waals surface area (Å²) in [4.78, 5) is 2.43. The van der Waals surface area contributed by atoms with E-state index < -0.39 is 0 Å². The van der Waals surface area contributed by atoms with E-state index in [1.807, 2.05) is 0 Å². The lowest BCUT2D eigenvalue weighted by atomic mass is 10.0. The van der Waals surface area contributed by atoms with E-state index in [2.05, 4.69) is 79.4 Å². The van der Waals surface area contributed by atoms with E-state index in [0.29, 0.717) is 0 Å². The summed E-state index contributed by atoms with van der Waals surface area (Å²) >= 11 is 0. The Bertz CT molecular complexity index is 735. The number of nitrogens with zero attached hydrogens (tertiary/aromatic N) is 1. The standard InChI is InChI=1S/C37H61NO/c1-3-4-5-6-7-8-9-10-11-12-13-14-15-16-17-18-19-26-31-37(39)34(2)38(32-35-27-22-20-23-28-35)33-36-29-24-21-25-30-36/h20-25,27-30,34,37,39H,3-19,26,31-33H2,1-2H3/t34-,37+/m0/s1. The molecule has 0 aliphatic carbocycles. The molecule has 0 aliphatic heterocycles. The Morgan fingerprint density at radius 2 is 0.846 bits per heavy atom. The third kappa shape index (κ3) is 16.9. The summed E-state index contributed by atoms with van der Waals surface area (Å²) in [6, 6.07) is 21.5. The van der Waals surface area contributed by atoms with Crippen LogP contribution >= 0.6 is 0 Å². The molecule has 2 rings (SSSR count). The minimum Gasteiger partial charge on any atom is -0.392 e. The van der Waals surface area contributed by atoms with E-state index in [0.717, 1.165) is 25.9 Å². The van der Waals surface area contributed by atoms with Gasteiger partial charge in [0.25, 0.3) is 0 Å². The lowest BCUT2D eigenvalue weighted by Gasteiger charge is -2.32. The predicted molar refractivity (Wildman–Crippen MR) is 171 cm³/mol. The van der Waals surface area contributed by atoms with Crippen molar-refractivity contribution in [2.24, 2.45) is 0 Å². The van der Waals surface area contributed by atoms with E-state index in [1.165, 1.54) is 120 Å². The molecule has 0 amide bonds. The largest absolute Gasteiger partial charge is 0.392 e. The number of unbranched alkanes of at least 4 members (excludes halogenated alkanes) is 17. The molecule has 1 N–H and O–H groups in total. The van der Waals surface area contributed by atoms with Crippen molar-refractivity contribution in [1.82, 2.24) is 4.90 Å². The van der Waals surface area contributed by atoms with Crippen molar-refractivity contribution in [2.75, 3.05) is 0 Å². The van der Waals surface area contributed by atoms with Gasteiger partial charge >= 0.3 is 0 Å². The molecule has 2 nitrogen and oxygen atoms in total. The predicted octanol–water partition coefficient (Wildman–Crippen LogP) is 10.9. The van der Waals surface area contributed by atoms with E-state index in [1.54, 1.807) is 0 Å². The molecular weight excluding hydrogens is 474 g/mol. The zero-order valence-corrected chi connectivity index (χ0v) is 25.7. The number of aliphatic hydroxyl groups is 1. The maximum atomic E-state index is 11.0. The van der Waals surface area contributed by atoms with Gasteiger partial charge in [-0.1, -0.05) is 183 Å². The number of hydrogen-bond acceptors (Lipinski definition) is 2. The molecule has 2 atom stereocenters. The number of benzene rings is 2. The van der Waals surface area contributed by atoms with Crippen LogP contribution in [0.25, 0.3) is 0 Å². The summed E-state index contributed by atoms with van der Waals surface area (Å²) in [5.41, 5.74) is 2.61. The van der Waals surface area contributed by atoms with E-state index in [4.69, 9.17) is 0 Å². The Balaban J connectivity index is 1.49. The van der Waals surface area contributed by atoms with Crippen molar-refractivity contribution in [3.63, 3.8) is 0 Å². The fourth-order valence-electron chi connectivity index (χ4n) is 5.72. The maximum absolute atomic E-state index is 11.0. The second kappa shape index (κ2) is 23.1. The molecule has 0 saturated carbocycles. The number of rotatable bonds is 25. The van der Waals surface area contributed by atoms with Crippen LogP contribution in [0.5, 0.6) is 0 Å². The van der Waals surface area contributed by atoms with Gasteiger partial charge in [-0.05, 0) is 24.5 Å². The highest BCUT2D eigenvalue weighted by Crippen LogP contribution is 2.19. The molecule has 0 fully saturated rings. The zero-order valence-electron chi connectivity index (χ0n) is 25.7. The minimum absolute atomic E-state index is 0.135.